The molecule has 0 aliphatic heterocycles. The molecule has 8 nitrogen and oxygen atoms in total. The van der Waals surface area contributed by atoms with E-state index < -0.39 is 17.4 Å². The topological polar surface area (TPSA) is 105 Å². The van der Waals surface area contributed by atoms with Gasteiger partial charge in [-0.1, -0.05) is 18.2 Å². The average Bonchev–Trinajstić information content (AvgIpc) is 3.32. The number of hydrogen-bond donors (Lipinski definition) is 2. The maximum absolute atomic E-state index is 14.3. The van der Waals surface area contributed by atoms with Crippen LogP contribution >= 0.6 is 0 Å². The summed E-state index contributed by atoms with van der Waals surface area (Å²) in [5, 5.41) is 25.6. The largest absolute Gasteiger partial charge is 0.368 e. The first-order valence-corrected chi connectivity index (χ1v) is 9.80. The van der Waals surface area contributed by atoms with Crippen molar-refractivity contribution in [1.82, 2.24) is 35.8 Å². The van der Waals surface area contributed by atoms with Gasteiger partial charge in [0.25, 0.3) is 0 Å². The monoisotopic (exact) mass is 420 g/mol. The lowest BCUT2D eigenvalue weighted by Gasteiger charge is -2.44. The van der Waals surface area contributed by atoms with Gasteiger partial charge in [-0.25, -0.2) is 8.78 Å². The summed E-state index contributed by atoms with van der Waals surface area (Å²) in [6.45, 7) is 0.322. The maximum atomic E-state index is 14.3. The number of hydrogen-bond acceptors (Lipinski definition) is 7. The van der Waals surface area contributed by atoms with Gasteiger partial charge < -0.3 is 5.32 Å². The Morgan fingerprint density at radius 1 is 1.03 bits per heavy atom. The van der Waals surface area contributed by atoms with Gasteiger partial charge in [0.2, 0.25) is 5.82 Å². The van der Waals surface area contributed by atoms with Gasteiger partial charge in [-0.05, 0) is 48.4 Å². The molecule has 0 bridgehead atoms. The van der Waals surface area contributed by atoms with Crippen LogP contribution < -0.4 is 5.32 Å². The number of pyridine rings is 1. The van der Waals surface area contributed by atoms with E-state index in [1.54, 1.807) is 6.07 Å². The number of nitrogens with zero attached hydrogens (tertiary/aromatic N) is 6. The standard InChI is InChI=1S/C21H18F2N8/c22-15-10-21(11-15,19-16(23)5-2-8-24-19)12-25-18-7-6-17(26-27-18)13-3-1-4-14(9-13)20-28-30-31-29-20/h1-9,15H,10-12H2,(H,25,27)(H,28,29,30,31)/t15-,21-. The minimum absolute atomic E-state index is 0.225. The molecule has 1 aliphatic rings. The first-order valence-electron chi connectivity index (χ1n) is 9.80. The minimum atomic E-state index is -0.955. The van der Waals surface area contributed by atoms with Crippen LogP contribution in [0, 0.1) is 5.82 Å². The second-order valence-corrected chi connectivity index (χ2v) is 7.59. The van der Waals surface area contributed by atoms with Crippen molar-refractivity contribution in [3.8, 4) is 22.6 Å². The normalized spacial score (nSPS) is 20.3. The zero-order valence-electron chi connectivity index (χ0n) is 16.3. The molecule has 0 spiro atoms. The Morgan fingerprint density at radius 3 is 2.61 bits per heavy atom. The van der Waals surface area contributed by atoms with Crippen molar-refractivity contribution in [2.45, 2.75) is 24.4 Å². The highest BCUT2D eigenvalue weighted by Gasteiger charge is 2.48. The molecule has 3 heterocycles. The van der Waals surface area contributed by atoms with Crippen molar-refractivity contribution in [3.05, 3.63) is 66.2 Å². The van der Waals surface area contributed by atoms with Gasteiger partial charge in [0.1, 0.15) is 17.8 Å². The fourth-order valence-corrected chi connectivity index (χ4v) is 3.93. The molecule has 0 radical (unpaired) electrons. The fourth-order valence-electron chi connectivity index (χ4n) is 3.93. The molecule has 1 fully saturated rings. The van der Waals surface area contributed by atoms with Crippen molar-refractivity contribution >= 4 is 5.82 Å². The van der Waals surface area contributed by atoms with Crippen LogP contribution in [0.3, 0.4) is 0 Å². The van der Waals surface area contributed by atoms with E-state index in [4.69, 9.17) is 0 Å². The van der Waals surface area contributed by atoms with E-state index in [2.05, 4.69) is 41.1 Å². The number of H-pyrrole nitrogens is 1. The Bertz CT molecular complexity index is 1170. The van der Waals surface area contributed by atoms with Crippen molar-refractivity contribution in [1.29, 1.82) is 0 Å². The van der Waals surface area contributed by atoms with Gasteiger partial charge in [-0.15, -0.1) is 20.4 Å². The van der Waals surface area contributed by atoms with Crippen LogP contribution in [0.1, 0.15) is 18.5 Å². The number of halogens is 2. The Labute approximate surface area is 176 Å². The molecule has 156 valence electrons. The molecule has 1 aromatic carbocycles. The van der Waals surface area contributed by atoms with E-state index in [0.29, 0.717) is 29.6 Å². The number of aromatic amines is 1. The van der Waals surface area contributed by atoms with Gasteiger partial charge in [-0.2, -0.15) is 5.21 Å². The van der Waals surface area contributed by atoms with Crippen molar-refractivity contribution in [2.75, 3.05) is 11.9 Å². The van der Waals surface area contributed by atoms with Crippen LogP contribution in [0.25, 0.3) is 22.6 Å². The van der Waals surface area contributed by atoms with Gasteiger partial charge >= 0.3 is 0 Å². The number of anilines is 1. The SMILES string of the molecule is Fc1cccnc1[C@]1(CNc2ccc(-c3cccc(-c4nn[nH]n4)c3)nn2)C[C@@H](F)C1. The lowest BCUT2D eigenvalue weighted by Crippen LogP contribution is -2.49. The Morgan fingerprint density at radius 2 is 1.90 bits per heavy atom. The van der Waals surface area contributed by atoms with E-state index in [0.717, 1.165) is 11.1 Å². The van der Waals surface area contributed by atoms with Crippen LogP contribution in [-0.4, -0.2) is 48.5 Å². The summed E-state index contributed by atoms with van der Waals surface area (Å²) >= 11 is 0. The summed E-state index contributed by atoms with van der Waals surface area (Å²) in [7, 11) is 0. The predicted octanol–water partition coefficient (Wildman–Crippen LogP) is 3.34. The lowest BCUT2D eigenvalue weighted by molar-refractivity contribution is 0.0964. The van der Waals surface area contributed by atoms with Crippen LogP contribution in [0.4, 0.5) is 14.6 Å². The third-order valence-electron chi connectivity index (χ3n) is 5.52. The summed E-state index contributed by atoms with van der Waals surface area (Å²) in [6, 6.07) is 14.1. The maximum Gasteiger partial charge on any atom is 0.204 e. The zero-order valence-corrected chi connectivity index (χ0v) is 16.3. The summed E-state index contributed by atoms with van der Waals surface area (Å²) in [5.74, 6) is 0.599. The molecule has 0 atom stereocenters. The molecular formula is C21H18F2N8. The molecule has 31 heavy (non-hydrogen) atoms. The molecule has 0 unspecified atom stereocenters. The first kappa shape index (κ1) is 19.2. The molecule has 0 saturated heterocycles. The van der Waals surface area contributed by atoms with Crippen molar-refractivity contribution in [3.63, 3.8) is 0 Å². The van der Waals surface area contributed by atoms with Gasteiger partial charge in [0, 0.05) is 29.3 Å². The average molecular weight is 420 g/mol. The van der Waals surface area contributed by atoms with Crippen LogP contribution in [-0.2, 0) is 5.41 Å². The van der Waals surface area contributed by atoms with Crippen LogP contribution in [0.5, 0.6) is 0 Å². The molecule has 0 amide bonds. The summed E-state index contributed by atoms with van der Waals surface area (Å²) in [6.07, 6.45) is 1.02. The highest BCUT2D eigenvalue weighted by Crippen LogP contribution is 2.45. The predicted molar refractivity (Wildman–Crippen MR) is 109 cm³/mol. The van der Waals surface area contributed by atoms with E-state index in [9.17, 15) is 8.78 Å². The highest BCUT2D eigenvalue weighted by molar-refractivity contribution is 5.67. The molecule has 3 aromatic heterocycles. The van der Waals surface area contributed by atoms with E-state index >= 15 is 0 Å². The van der Waals surface area contributed by atoms with Crippen molar-refractivity contribution in [2.24, 2.45) is 0 Å². The molecular weight excluding hydrogens is 402 g/mol. The van der Waals surface area contributed by atoms with E-state index in [1.807, 2.05) is 30.3 Å². The van der Waals surface area contributed by atoms with Crippen LogP contribution in [0.2, 0.25) is 0 Å². The molecule has 1 aliphatic carbocycles. The molecule has 5 rings (SSSR count). The van der Waals surface area contributed by atoms with Crippen LogP contribution in [0.15, 0.2) is 54.7 Å². The number of nitrogens with one attached hydrogen (secondary N) is 2. The number of rotatable bonds is 6. The number of tetrazole rings is 1. The second-order valence-electron chi connectivity index (χ2n) is 7.59. The van der Waals surface area contributed by atoms with E-state index in [-0.39, 0.29) is 12.8 Å². The number of benzene rings is 1. The smallest absolute Gasteiger partial charge is 0.204 e. The molecule has 4 aromatic rings. The fraction of sp³-hybridized carbons (Fsp3) is 0.238. The van der Waals surface area contributed by atoms with Gasteiger partial charge in [-0.3, -0.25) is 4.98 Å². The summed E-state index contributed by atoms with van der Waals surface area (Å²) in [4.78, 5) is 4.17. The van der Waals surface area contributed by atoms with E-state index in [1.165, 1.54) is 18.3 Å². The first-order chi connectivity index (χ1) is 15.1. The Kier molecular flexibility index (Phi) is 4.81. The van der Waals surface area contributed by atoms with Crippen molar-refractivity contribution < 1.29 is 8.78 Å². The summed E-state index contributed by atoms with van der Waals surface area (Å²) < 4.78 is 28.0. The quantitative estimate of drug-likeness (QED) is 0.493. The Hall–Kier alpha value is -3.82. The third-order valence-corrected chi connectivity index (χ3v) is 5.52. The number of aromatic nitrogens is 7. The number of alkyl halides is 1. The second kappa shape index (κ2) is 7.78. The zero-order chi connectivity index (χ0) is 21.3. The third kappa shape index (κ3) is 3.72. The minimum Gasteiger partial charge on any atom is -0.368 e. The highest BCUT2D eigenvalue weighted by atomic mass is 19.1. The lowest BCUT2D eigenvalue weighted by atomic mass is 9.65. The Balaban J connectivity index is 1.32. The summed E-state index contributed by atoms with van der Waals surface area (Å²) in [5.41, 5.74) is 1.94. The van der Waals surface area contributed by atoms with Gasteiger partial charge in [0.05, 0.1) is 11.4 Å². The van der Waals surface area contributed by atoms with Gasteiger partial charge in [0.15, 0.2) is 0 Å². The molecule has 2 N–H and O–H groups in total. The molecule has 1 saturated carbocycles. The molecule has 10 heteroatoms.